The number of benzene rings is 1. The van der Waals surface area contributed by atoms with E-state index in [1.165, 1.54) is 0 Å². The van der Waals surface area contributed by atoms with Crippen LogP contribution in [0.5, 0.6) is 5.75 Å². The highest BCUT2D eigenvalue weighted by Crippen LogP contribution is 2.33. The van der Waals surface area contributed by atoms with E-state index in [4.69, 9.17) is 9.84 Å². The zero-order chi connectivity index (χ0) is 13.8. The van der Waals surface area contributed by atoms with Gasteiger partial charge in [-0.05, 0) is 24.5 Å². The molecule has 0 bridgehead atoms. The summed E-state index contributed by atoms with van der Waals surface area (Å²) in [5, 5.41) is 8.70. The van der Waals surface area contributed by atoms with Gasteiger partial charge < -0.3 is 9.84 Å². The quantitative estimate of drug-likeness (QED) is 0.886. The van der Waals surface area contributed by atoms with Crippen molar-refractivity contribution in [1.29, 1.82) is 0 Å². The minimum absolute atomic E-state index is 0.0310. The molecular formula is C15H18O4. The molecule has 4 heteroatoms. The standard InChI is InChI=1S/C15H18O4/c1-2-4-10-5-3-6-12-13(16)9-11(19-15(10)12)7-8-14(17)18/h3,5-6,11H,2,4,7-9H2,1H3,(H,17,18). The van der Waals surface area contributed by atoms with Crippen LogP contribution in [-0.4, -0.2) is 23.0 Å². The summed E-state index contributed by atoms with van der Waals surface area (Å²) < 4.78 is 5.85. The average molecular weight is 262 g/mol. The Morgan fingerprint density at radius 3 is 2.95 bits per heavy atom. The highest BCUT2D eigenvalue weighted by Gasteiger charge is 2.28. The Morgan fingerprint density at radius 1 is 1.47 bits per heavy atom. The van der Waals surface area contributed by atoms with E-state index in [0.717, 1.165) is 18.4 Å². The van der Waals surface area contributed by atoms with Crippen LogP contribution < -0.4 is 4.74 Å². The smallest absolute Gasteiger partial charge is 0.303 e. The second-order valence-corrected chi connectivity index (χ2v) is 4.84. The minimum Gasteiger partial charge on any atom is -0.489 e. The number of hydrogen-bond donors (Lipinski definition) is 1. The predicted octanol–water partition coefficient (Wildman–Crippen LogP) is 2.84. The number of carbonyl (C=O) groups excluding carboxylic acids is 1. The van der Waals surface area contributed by atoms with Gasteiger partial charge in [0.1, 0.15) is 11.9 Å². The van der Waals surface area contributed by atoms with Crippen LogP contribution in [-0.2, 0) is 11.2 Å². The van der Waals surface area contributed by atoms with Crippen LogP contribution in [0.25, 0.3) is 0 Å². The van der Waals surface area contributed by atoms with Crippen LogP contribution in [0.3, 0.4) is 0 Å². The molecule has 102 valence electrons. The summed E-state index contributed by atoms with van der Waals surface area (Å²) in [6.45, 7) is 2.08. The number of carboxylic acid groups (broad SMARTS) is 1. The highest BCUT2D eigenvalue weighted by molar-refractivity contribution is 6.00. The van der Waals surface area contributed by atoms with Gasteiger partial charge in [-0.25, -0.2) is 0 Å². The number of aryl methyl sites for hydroxylation is 1. The molecule has 4 nitrogen and oxygen atoms in total. The number of rotatable bonds is 5. The molecule has 0 aromatic heterocycles. The molecule has 1 N–H and O–H groups in total. The number of fused-ring (bicyclic) bond motifs is 1. The summed E-state index contributed by atoms with van der Waals surface area (Å²) in [5.41, 5.74) is 1.67. The fraction of sp³-hybridized carbons (Fsp3) is 0.467. The van der Waals surface area contributed by atoms with Crippen LogP contribution in [0.4, 0.5) is 0 Å². The van der Waals surface area contributed by atoms with Gasteiger partial charge in [-0.1, -0.05) is 25.5 Å². The average Bonchev–Trinajstić information content (AvgIpc) is 2.38. The largest absolute Gasteiger partial charge is 0.489 e. The molecule has 0 fully saturated rings. The molecule has 0 spiro atoms. The van der Waals surface area contributed by atoms with Crippen LogP contribution in [0.15, 0.2) is 18.2 Å². The van der Waals surface area contributed by atoms with Gasteiger partial charge >= 0.3 is 5.97 Å². The van der Waals surface area contributed by atoms with Gasteiger partial charge in [-0.3, -0.25) is 9.59 Å². The maximum absolute atomic E-state index is 12.1. The first-order valence-corrected chi connectivity index (χ1v) is 6.65. The Bertz CT molecular complexity index is 493. The van der Waals surface area contributed by atoms with Gasteiger partial charge in [0, 0.05) is 12.8 Å². The zero-order valence-electron chi connectivity index (χ0n) is 11.0. The third-order valence-corrected chi connectivity index (χ3v) is 3.29. The summed E-state index contributed by atoms with van der Waals surface area (Å²) in [5.74, 6) is -0.144. The molecule has 1 aromatic carbocycles. The summed E-state index contributed by atoms with van der Waals surface area (Å²) in [4.78, 5) is 22.7. The molecule has 1 atom stereocenters. The monoisotopic (exact) mass is 262 g/mol. The molecule has 19 heavy (non-hydrogen) atoms. The second-order valence-electron chi connectivity index (χ2n) is 4.84. The van der Waals surface area contributed by atoms with Crippen LogP contribution in [0, 0.1) is 0 Å². The van der Waals surface area contributed by atoms with E-state index in [1.54, 1.807) is 6.07 Å². The number of carboxylic acids is 1. The molecular weight excluding hydrogens is 244 g/mol. The lowest BCUT2D eigenvalue weighted by atomic mass is 9.95. The predicted molar refractivity (Wildman–Crippen MR) is 70.7 cm³/mol. The Kier molecular flexibility index (Phi) is 4.20. The second kappa shape index (κ2) is 5.87. The van der Waals surface area contributed by atoms with E-state index in [0.29, 0.717) is 17.7 Å². The third-order valence-electron chi connectivity index (χ3n) is 3.29. The molecule has 0 saturated heterocycles. The van der Waals surface area contributed by atoms with E-state index >= 15 is 0 Å². The molecule has 1 aliphatic heterocycles. The molecule has 1 aromatic rings. The van der Waals surface area contributed by atoms with Gasteiger partial charge in [-0.2, -0.15) is 0 Å². The molecule has 1 unspecified atom stereocenters. The van der Waals surface area contributed by atoms with Crippen molar-refractivity contribution < 1.29 is 19.4 Å². The van der Waals surface area contributed by atoms with Gasteiger partial charge in [0.2, 0.25) is 0 Å². The Labute approximate surface area is 112 Å². The van der Waals surface area contributed by atoms with Crippen molar-refractivity contribution in [2.24, 2.45) is 0 Å². The van der Waals surface area contributed by atoms with Crippen molar-refractivity contribution in [3.63, 3.8) is 0 Å². The SMILES string of the molecule is CCCc1cccc2c1OC(CCC(=O)O)CC2=O. The summed E-state index contributed by atoms with van der Waals surface area (Å²) >= 11 is 0. The lowest BCUT2D eigenvalue weighted by Crippen LogP contribution is -2.28. The van der Waals surface area contributed by atoms with Crippen molar-refractivity contribution in [2.75, 3.05) is 0 Å². The number of ether oxygens (including phenoxy) is 1. The number of aliphatic carboxylic acids is 1. The Morgan fingerprint density at radius 2 is 2.26 bits per heavy atom. The van der Waals surface area contributed by atoms with Crippen LogP contribution >= 0.6 is 0 Å². The summed E-state index contributed by atoms with van der Waals surface area (Å²) in [6.07, 6.45) is 2.21. The Hall–Kier alpha value is -1.84. The first-order chi connectivity index (χ1) is 9.11. The van der Waals surface area contributed by atoms with Crippen molar-refractivity contribution in [2.45, 2.75) is 45.1 Å². The van der Waals surface area contributed by atoms with E-state index in [9.17, 15) is 9.59 Å². The van der Waals surface area contributed by atoms with Crippen molar-refractivity contribution >= 4 is 11.8 Å². The lowest BCUT2D eigenvalue weighted by molar-refractivity contribution is -0.137. The summed E-state index contributed by atoms with van der Waals surface area (Å²) in [7, 11) is 0. The highest BCUT2D eigenvalue weighted by atomic mass is 16.5. The zero-order valence-corrected chi connectivity index (χ0v) is 11.0. The van der Waals surface area contributed by atoms with E-state index in [-0.39, 0.29) is 24.7 Å². The van der Waals surface area contributed by atoms with Crippen molar-refractivity contribution in [3.05, 3.63) is 29.3 Å². The van der Waals surface area contributed by atoms with Crippen molar-refractivity contribution in [1.82, 2.24) is 0 Å². The summed E-state index contributed by atoms with van der Waals surface area (Å²) in [6, 6.07) is 5.63. The molecule has 1 heterocycles. The minimum atomic E-state index is -0.858. The van der Waals surface area contributed by atoms with Crippen LogP contribution in [0.1, 0.15) is 48.5 Å². The number of hydrogen-bond acceptors (Lipinski definition) is 3. The number of Topliss-reactive ketones (excluding diaryl/α,β-unsaturated/α-hetero) is 1. The molecule has 0 saturated carbocycles. The number of carbonyl (C=O) groups is 2. The van der Waals surface area contributed by atoms with E-state index in [2.05, 4.69) is 6.92 Å². The molecule has 0 amide bonds. The van der Waals surface area contributed by atoms with Crippen LogP contribution in [0.2, 0.25) is 0 Å². The Balaban J connectivity index is 2.20. The maximum atomic E-state index is 12.1. The molecule has 0 radical (unpaired) electrons. The normalized spacial score (nSPS) is 17.7. The van der Waals surface area contributed by atoms with Crippen molar-refractivity contribution in [3.8, 4) is 5.75 Å². The fourth-order valence-corrected chi connectivity index (χ4v) is 2.38. The van der Waals surface area contributed by atoms with Gasteiger partial charge in [-0.15, -0.1) is 0 Å². The molecule has 1 aliphatic rings. The topological polar surface area (TPSA) is 63.6 Å². The van der Waals surface area contributed by atoms with Gasteiger partial charge in [0.05, 0.1) is 5.56 Å². The maximum Gasteiger partial charge on any atom is 0.303 e. The first-order valence-electron chi connectivity index (χ1n) is 6.65. The fourth-order valence-electron chi connectivity index (χ4n) is 2.38. The first kappa shape index (κ1) is 13.6. The van der Waals surface area contributed by atoms with Gasteiger partial charge in [0.25, 0.3) is 0 Å². The number of ketones is 1. The third kappa shape index (κ3) is 3.13. The molecule has 2 rings (SSSR count). The lowest BCUT2D eigenvalue weighted by Gasteiger charge is -2.26. The van der Waals surface area contributed by atoms with E-state index < -0.39 is 5.97 Å². The van der Waals surface area contributed by atoms with E-state index in [1.807, 2.05) is 12.1 Å². The van der Waals surface area contributed by atoms with Gasteiger partial charge in [0.15, 0.2) is 5.78 Å². The molecule has 0 aliphatic carbocycles. The number of para-hydroxylation sites is 1.